The topological polar surface area (TPSA) is 88.7 Å². The second-order valence-corrected chi connectivity index (χ2v) is 8.31. The van der Waals surface area contributed by atoms with E-state index in [2.05, 4.69) is 16.0 Å². The summed E-state index contributed by atoms with van der Waals surface area (Å²) >= 11 is 5.62. The van der Waals surface area contributed by atoms with Crippen LogP contribution in [0.1, 0.15) is 26.2 Å². The number of ether oxygens (including phenoxy) is 2. The molecule has 0 aromatic heterocycles. The molecule has 4 fully saturated rings. The molecule has 1 aliphatic heterocycles. The van der Waals surface area contributed by atoms with Crippen LogP contribution >= 0.6 is 11.6 Å². The van der Waals surface area contributed by atoms with Crippen molar-refractivity contribution >= 4 is 23.4 Å². The Balaban J connectivity index is 1.25. The molecule has 3 unspecified atom stereocenters. The Morgan fingerprint density at radius 2 is 2.18 bits per heavy atom. The summed E-state index contributed by atoms with van der Waals surface area (Å²) in [5.41, 5.74) is -0.258. The fourth-order valence-electron chi connectivity index (χ4n) is 4.42. The maximum absolute atomic E-state index is 13.4. The summed E-state index contributed by atoms with van der Waals surface area (Å²) in [7, 11) is 0. The molecule has 2 amide bonds. The van der Waals surface area contributed by atoms with Gasteiger partial charge in [0.15, 0.2) is 12.7 Å². The monoisotopic (exact) mass is 411 g/mol. The molecule has 0 radical (unpaired) electrons. The van der Waals surface area contributed by atoms with Crippen molar-refractivity contribution in [2.45, 2.75) is 49.9 Å². The molecule has 4 aliphatic rings. The van der Waals surface area contributed by atoms with E-state index in [0.29, 0.717) is 19.1 Å². The highest BCUT2D eigenvalue weighted by Gasteiger charge is 2.57. The first-order valence-electron chi connectivity index (χ1n) is 9.39. The van der Waals surface area contributed by atoms with Crippen molar-refractivity contribution in [1.82, 2.24) is 16.0 Å². The fraction of sp³-hybridized carbons (Fsp3) is 0.579. The molecule has 3 atom stereocenters. The summed E-state index contributed by atoms with van der Waals surface area (Å²) in [6.45, 7) is 2.09. The van der Waals surface area contributed by atoms with Crippen LogP contribution in [0.15, 0.2) is 18.2 Å². The van der Waals surface area contributed by atoms with E-state index in [4.69, 9.17) is 21.1 Å². The van der Waals surface area contributed by atoms with Gasteiger partial charge in [0.05, 0.1) is 11.8 Å². The van der Waals surface area contributed by atoms with E-state index in [9.17, 15) is 14.0 Å². The number of hydrogen-bond donors (Lipinski definition) is 3. The van der Waals surface area contributed by atoms with E-state index >= 15 is 0 Å². The SMILES string of the molecule is CC1NCOC1C(=O)NC12CC(C1)C(NC(=O)COc1ccc(Cl)c(F)c1)C2. The van der Waals surface area contributed by atoms with Crippen LogP contribution in [0.3, 0.4) is 0 Å². The number of halogens is 2. The minimum Gasteiger partial charge on any atom is -0.484 e. The summed E-state index contributed by atoms with van der Waals surface area (Å²) in [5, 5.41) is 9.18. The first-order valence-corrected chi connectivity index (χ1v) is 9.77. The van der Waals surface area contributed by atoms with E-state index in [-0.39, 0.29) is 46.8 Å². The molecule has 1 aromatic rings. The van der Waals surface area contributed by atoms with Crippen LogP contribution < -0.4 is 20.7 Å². The zero-order chi connectivity index (χ0) is 19.9. The lowest BCUT2D eigenvalue weighted by Gasteiger charge is -2.39. The molecule has 3 saturated carbocycles. The molecule has 1 saturated heterocycles. The minimum absolute atomic E-state index is 0.00148. The second kappa shape index (κ2) is 7.50. The van der Waals surface area contributed by atoms with Crippen molar-refractivity contribution < 1.29 is 23.5 Å². The maximum Gasteiger partial charge on any atom is 0.258 e. The van der Waals surface area contributed by atoms with E-state index in [0.717, 1.165) is 18.9 Å². The van der Waals surface area contributed by atoms with Crippen molar-refractivity contribution in [2.75, 3.05) is 13.3 Å². The molecule has 152 valence electrons. The standard InChI is InChI=1S/C19H23ClFN3O4/c1-10-17(28-9-22-10)18(26)24-19-5-11(6-19)15(7-19)23-16(25)8-27-12-2-3-13(20)14(21)4-12/h2-4,10-11,15,17,22H,5-9H2,1H3,(H,23,25)(H,24,26). The Labute approximate surface area is 167 Å². The average Bonchev–Trinajstić information content (AvgIpc) is 3.28. The Hall–Kier alpha value is -1.90. The molecule has 2 bridgehead atoms. The summed E-state index contributed by atoms with van der Waals surface area (Å²) in [5.74, 6) is -0.375. The van der Waals surface area contributed by atoms with Crippen LogP contribution in [-0.2, 0) is 14.3 Å². The minimum atomic E-state index is -0.593. The summed E-state index contributed by atoms with van der Waals surface area (Å²) in [4.78, 5) is 24.7. The van der Waals surface area contributed by atoms with Gasteiger partial charge < -0.3 is 20.1 Å². The largest absolute Gasteiger partial charge is 0.484 e. The lowest BCUT2D eigenvalue weighted by Crippen LogP contribution is -2.56. The van der Waals surface area contributed by atoms with Crippen LogP contribution in [0.2, 0.25) is 5.02 Å². The Morgan fingerprint density at radius 1 is 1.39 bits per heavy atom. The lowest BCUT2D eigenvalue weighted by atomic mass is 9.76. The smallest absolute Gasteiger partial charge is 0.258 e. The van der Waals surface area contributed by atoms with Gasteiger partial charge in [-0.15, -0.1) is 0 Å². The molecule has 3 aliphatic carbocycles. The Kier molecular flexibility index (Phi) is 5.20. The van der Waals surface area contributed by atoms with E-state index in [1.807, 2.05) is 6.92 Å². The van der Waals surface area contributed by atoms with Gasteiger partial charge >= 0.3 is 0 Å². The van der Waals surface area contributed by atoms with E-state index in [1.165, 1.54) is 12.1 Å². The number of carbonyl (C=O) groups is 2. The highest BCUT2D eigenvalue weighted by atomic mass is 35.5. The van der Waals surface area contributed by atoms with E-state index in [1.54, 1.807) is 0 Å². The third kappa shape index (κ3) is 3.81. The molecule has 1 heterocycles. The molecule has 9 heteroatoms. The quantitative estimate of drug-likeness (QED) is 0.657. The van der Waals surface area contributed by atoms with Gasteiger partial charge in [-0.3, -0.25) is 14.9 Å². The van der Waals surface area contributed by atoms with Gasteiger partial charge in [0.1, 0.15) is 11.6 Å². The number of benzene rings is 1. The van der Waals surface area contributed by atoms with Crippen molar-refractivity contribution in [2.24, 2.45) is 5.92 Å². The van der Waals surface area contributed by atoms with Gasteiger partial charge in [0.25, 0.3) is 11.8 Å². The number of carbonyl (C=O) groups excluding carboxylic acids is 2. The Bertz CT molecular complexity index is 786. The Morgan fingerprint density at radius 3 is 2.86 bits per heavy atom. The highest BCUT2D eigenvalue weighted by Crippen LogP contribution is 2.52. The first kappa shape index (κ1) is 19.4. The lowest BCUT2D eigenvalue weighted by molar-refractivity contribution is -0.133. The molecule has 1 aromatic carbocycles. The molecule has 7 nitrogen and oxygen atoms in total. The zero-order valence-corrected chi connectivity index (χ0v) is 16.2. The molecule has 28 heavy (non-hydrogen) atoms. The van der Waals surface area contributed by atoms with Crippen molar-refractivity contribution in [1.29, 1.82) is 0 Å². The summed E-state index contributed by atoms with van der Waals surface area (Å²) in [6, 6.07) is 4.02. The molecule has 5 rings (SSSR count). The second-order valence-electron chi connectivity index (χ2n) is 7.91. The van der Waals surface area contributed by atoms with Crippen molar-refractivity contribution in [3.05, 3.63) is 29.0 Å². The summed E-state index contributed by atoms with van der Waals surface area (Å²) < 4.78 is 24.2. The average molecular weight is 412 g/mol. The predicted molar refractivity (Wildman–Crippen MR) is 99.4 cm³/mol. The maximum atomic E-state index is 13.4. The fourth-order valence-corrected chi connectivity index (χ4v) is 4.54. The van der Waals surface area contributed by atoms with Gasteiger partial charge in [0, 0.05) is 23.7 Å². The normalized spacial score (nSPS) is 33.2. The van der Waals surface area contributed by atoms with Crippen molar-refractivity contribution in [3.8, 4) is 5.75 Å². The third-order valence-corrected chi connectivity index (χ3v) is 6.17. The number of hydrogen-bond acceptors (Lipinski definition) is 5. The predicted octanol–water partition coefficient (Wildman–Crippen LogP) is 1.35. The van der Waals surface area contributed by atoms with Gasteiger partial charge in [-0.05, 0) is 44.2 Å². The highest BCUT2D eigenvalue weighted by molar-refractivity contribution is 6.30. The van der Waals surface area contributed by atoms with E-state index < -0.39 is 11.9 Å². The molecular weight excluding hydrogens is 389 g/mol. The molecular formula is C19H23ClFN3O4. The number of nitrogens with one attached hydrogen (secondary N) is 3. The van der Waals surface area contributed by atoms with Crippen LogP contribution in [0.4, 0.5) is 4.39 Å². The van der Waals surface area contributed by atoms with Crippen LogP contribution in [0.5, 0.6) is 5.75 Å². The molecule has 0 spiro atoms. The summed E-state index contributed by atoms with van der Waals surface area (Å²) in [6.07, 6.45) is 1.91. The van der Waals surface area contributed by atoms with Gasteiger partial charge in [-0.2, -0.15) is 0 Å². The van der Waals surface area contributed by atoms with Gasteiger partial charge in [-0.1, -0.05) is 11.6 Å². The molecule has 3 N–H and O–H groups in total. The van der Waals surface area contributed by atoms with Crippen molar-refractivity contribution in [3.63, 3.8) is 0 Å². The third-order valence-electron chi connectivity index (χ3n) is 5.86. The number of fused-ring (bicyclic) bond motifs is 1. The zero-order valence-electron chi connectivity index (χ0n) is 15.5. The van der Waals surface area contributed by atoms with Gasteiger partial charge in [0.2, 0.25) is 0 Å². The van der Waals surface area contributed by atoms with Crippen LogP contribution in [-0.4, -0.2) is 48.9 Å². The van der Waals surface area contributed by atoms with Gasteiger partial charge in [-0.25, -0.2) is 4.39 Å². The number of rotatable bonds is 6. The number of amides is 2. The first-order chi connectivity index (χ1) is 13.3. The van der Waals surface area contributed by atoms with Crippen LogP contribution in [0, 0.1) is 11.7 Å². The van der Waals surface area contributed by atoms with Crippen LogP contribution in [0.25, 0.3) is 0 Å².